The summed E-state index contributed by atoms with van der Waals surface area (Å²) < 4.78 is 5.31. The van der Waals surface area contributed by atoms with Crippen molar-refractivity contribution in [1.82, 2.24) is 10.2 Å². The first-order valence-corrected chi connectivity index (χ1v) is 9.73. The maximum atomic E-state index is 12.1. The van der Waals surface area contributed by atoms with Crippen molar-refractivity contribution >= 4 is 29.4 Å². The van der Waals surface area contributed by atoms with E-state index >= 15 is 0 Å². The molecule has 26 heavy (non-hydrogen) atoms. The SMILES string of the molecule is CCCN1CC(NC(=O)Nc2ccc(SCc3ccco3)cc2)CC1=O. The van der Waals surface area contributed by atoms with E-state index in [4.69, 9.17) is 4.42 Å². The van der Waals surface area contributed by atoms with Gasteiger partial charge in [0.1, 0.15) is 5.76 Å². The van der Waals surface area contributed by atoms with Gasteiger partial charge in [0.2, 0.25) is 5.91 Å². The summed E-state index contributed by atoms with van der Waals surface area (Å²) in [5, 5.41) is 5.69. The molecule has 6 nitrogen and oxygen atoms in total. The molecule has 0 saturated carbocycles. The van der Waals surface area contributed by atoms with Gasteiger partial charge in [0, 0.05) is 30.1 Å². The second-order valence-corrected chi connectivity index (χ2v) is 7.28. The van der Waals surface area contributed by atoms with Crippen molar-refractivity contribution in [1.29, 1.82) is 0 Å². The third-order valence-corrected chi connectivity index (χ3v) is 5.15. The van der Waals surface area contributed by atoms with Gasteiger partial charge in [-0.05, 0) is 42.8 Å². The molecular weight excluding hydrogens is 350 g/mol. The Labute approximate surface area is 157 Å². The maximum absolute atomic E-state index is 12.1. The number of likely N-dealkylation sites (tertiary alicyclic amines) is 1. The van der Waals surface area contributed by atoms with Gasteiger partial charge in [-0.3, -0.25) is 4.79 Å². The van der Waals surface area contributed by atoms with Gasteiger partial charge in [-0.15, -0.1) is 11.8 Å². The average Bonchev–Trinajstić information content (AvgIpc) is 3.25. The lowest BCUT2D eigenvalue weighted by atomic mass is 10.2. The molecule has 1 aliphatic heterocycles. The molecule has 7 heteroatoms. The first kappa shape index (κ1) is 18.4. The van der Waals surface area contributed by atoms with E-state index < -0.39 is 0 Å². The highest BCUT2D eigenvalue weighted by Gasteiger charge is 2.29. The van der Waals surface area contributed by atoms with Crippen LogP contribution in [0.4, 0.5) is 10.5 Å². The molecule has 1 unspecified atom stereocenters. The van der Waals surface area contributed by atoms with E-state index in [0.717, 1.165) is 35.1 Å². The smallest absolute Gasteiger partial charge is 0.319 e. The fraction of sp³-hybridized carbons (Fsp3) is 0.368. The van der Waals surface area contributed by atoms with Crippen molar-refractivity contribution in [3.8, 4) is 0 Å². The summed E-state index contributed by atoms with van der Waals surface area (Å²) >= 11 is 1.67. The van der Waals surface area contributed by atoms with Crippen LogP contribution in [0.25, 0.3) is 0 Å². The number of hydrogen-bond acceptors (Lipinski definition) is 4. The molecule has 0 aliphatic carbocycles. The van der Waals surface area contributed by atoms with E-state index in [1.54, 1.807) is 22.9 Å². The van der Waals surface area contributed by atoms with Crippen LogP contribution in [-0.4, -0.2) is 36.0 Å². The van der Waals surface area contributed by atoms with Gasteiger partial charge in [0.25, 0.3) is 0 Å². The molecule has 1 fully saturated rings. The zero-order chi connectivity index (χ0) is 18.4. The minimum Gasteiger partial charge on any atom is -0.468 e. The number of nitrogens with one attached hydrogen (secondary N) is 2. The number of benzene rings is 1. The predicted molar refractivity (Wildman–Crippen MR) is 102 cm³/mol. The van der Waals surface area contributed by atoms with Crippen molar-refractivity contribution in [3.63, 3.8) is 0 Å². The van der Waals surface area contributed by atoms with Crippen LogP contribution in [0, 0.1) is 0 Å². The predicted octanol–water partition coefficient (Wildman–Crippen LogP) is 3.70. The van der Waals surface area contributed by atoms with Gasteiger partial charge in [-0.1, -0.05) is 6.92 Å². The molecule has 0 radical (unpaired) electrons. The lowest BCUT2D eigenvalue weighted by Gasteiger charge is -2.16. The van der Waals surface area contributed by atoms with Gasteiger partial charge in [-0.2, -0.15) is 0 Å². The quantitative estimate of drug-likeness (QED) is 0.726. The van der Waals surface area contributed by atoms with Crippen molar-refractivity contribution in [2.24, 2.45) is 0 Å². The zero-order valence-electron chi connectivity index (χ0n) is 14.7. The standard InChI is InChI=1S/C19H23N3O3S/c1-2-9-22-12-15(11-18(22)23)21-19(24)20-14-5-7-17(8-6-14)26-13-16-4-3-10-25-16/h3-8,10,15H,2,9,11-13H2,1H3,(H2,20,21,24). The van der Waals surface area contributed by atoms with Crippen LogP contribution in [0.2, 0.25) is 0 Å². The molecule has 1 aliphatic rings. The number of furan rings is 1. The van der Waals surface area contributed by atoms with Crippen LogP contribution in [0.15, 0.2) is 52.0 Å². The van der Waals surface area contributed by atoms with Crippen LogP contribution in [0.1, 0.15) is 25.5 Å². The highest BCUT2D eigenvalue weighted by atomic mass is 32.2. The Hall–Kier alpha value is -2.41. The Morgan fingerprint density at radius 3 is 2.81 bits per heavy atom. The summed E-state index contributed by atoms with van der Waals surface area (Å²) in [6.45, 7) is 3.37. The summed E-state index contributed by atoms with van der Waals surface area (Å²) in [7, 11) is 0. The van der Waals surface area contributed by atoms with Crippen molar-refractivity contribution in [2.45, 2.75) is 36.5 Å². The molecular formula is C19H23N3O3S. The number of nitrogens with zero attached hydrogens (tertiary/aromatic N) is 1. The second-order valence-electron chi connectivity index (χ2n) is 6.23. The van der Waals surface area contributed by atoms with E-state index in [1.807, 2.05) is 43.3 Å². The number of carbonyl (C=O) groups is 2. The highest BCUT2D eigenvalue weighted by molar-refractivity contribution is 7.98. The Bertz CT molecular complexity index is 731. The topological polar surface area (TPSA) is 74.6 Å². The van der Waals surface area contributed by atoms with Crippen molar-refractivity contribution < 1.29 is 14.0 Å². The van der Waals surface area contributed by atoms with Gasteiger partial charge < -0.3 is 20.0 Å². The number of amides is 3. The summed E-state index contributed by atoms with van der Waals surface area (Å²) in [5.41, 5.74) is 0.722. The van der Waals surface area contributed by atoms with Crippen LogP contribution >= 0.6 is 11.8 Å². The Morgan fingerprint density at radius 1 is 1.31 bits per heavy atom. The molecule has 2 aromatic rings. The van der Waals surface area contributed by atoms with E-state index in [0.29, 0.717) is 13.0 Å². The molecule has 1 aromatic carbocycles. The summed E-state index contributed by atoms with van der Waals surface area (Å²) in [5.74, 6) is 1.81. The van der Waals surface area contributed by atoms with E-state index in [1.165, 1.54) is 0 Å². The van der Waals surface area contributed by atoms with E-state index in [9.17, 15) is 9.59 Å². The monoisotopic (exact) mass is 373 g/mol. The van der Waals surface area contributed by atoms with Gasteiger partial charge in [0.15, 0.2) is 0 Å². The number of hydrogen-bond donors (Lipinski definition) is 2. The highest BCUT2D eigenvalue weighted by Crippen LogP contribution is 2.24. The van der Waals surface area contributed by atoms with Crippen LogP contribution < -0.4 is 10.6 Å². The lowest BCUT2D eigenvalue weighted by Crippen LogP contribution is -2.39. The number of rotatable bonds is 7. The maximum Gasteiger partial charge on any atom is 0.319 e. The Kier molecular flexibility index (Phi) is 6.22. The molecule has 1 atom stereocenters. The van der Waals surface area contributed by atoms with Crippen LogP contribution in [-0.2, 0) is 10.5 Å². The molecule has 0 spiro atoms. The summed E-state index contributed by atoms with van der Waals surface area (Å²) in [6.07, 6.45) is 2.96. The molecule has 3 amide bonds. The Balaban J connectivity index is 1.45. The first-order valence-electron chi connectivity index (χ1n) is 8.74. The third kappa shape index (κ3) is 5.05. The molecule has 1 saturated heterocycles. The van der Waals surface area contributed by atoms with Crippen molar-refractivity contribution in [2.75, 3.05) is 18.4 Å². The lowest BCUT2D eigenvalue weighted by molar-refractivity contribution is -0.127. The zero-order valence-corrected chi connectivity index (χ0v) is 15.6. The fourth-order valence-corrected chi connectivity index (χ4v) is 3.69. The van der Waals surface area contributed by atoms with Gasteiger partial charge in [-0.25, -0.2) is 4.79 Å². The van der Waals surface area contributed by atoms with E-state index in [-0.39, 0.29) is 18.0 Å². The summed E-state index contributed by atoms with van der Waals surface area (Å²) in [4.78, 5) is 26.9. The van der Waals surface area contributed by atoms with E-state index in [2.05, 4.69) is 10.6 Å². The molecule has 3 rings (SSSR count). The average molecular weight is 373 g/mol. The number of thioether (sulfide) groups is 1. The minimum absolute atomic E-state index is 0.107. The number of urea groups is 1. The van der Waals surface area contributed by atoms with Crippen LogP contribution in [0.3, 0.4) is 0 Å². The van der Waals surface area contributed by atoms with Gasteiger partial charge in [0.05, 0.1) is 18.1 Å². The Morgan fingerprint density at radius 2 is 2.12 bits per heavy atom. The first-order chi connectivity index (χ1) is 12.6. The molecule has 2 N–H and O–H groups in total. The van der Waals surface area contributed by atoms with Crippen LogP contribution in [0.5, 0.6) is 0 Å². The number of carbonyl (C=O) groups excluding carboxylic acids is 2. The molecule has 2 heterocycles. The number of anilines is 1. The minimum atomic E-state index is -0.280. The van der Waals surface area contributed by atoms with Crippen molar-refractivity contribution in [3.05, 3.63) is 48.4 Å². The second kappa shape index (κ2) is 8.80. The normalized spacial score (nSPS) is 16.7. The third-order valence-electron chi connectivity index (χ3n) is 4.12. The largest absolute Gasteiger partial charge is 0.468 e. The van der Waals surface area contributed by atoms with Gasteiger partial charge >= 0.3 is 6.03 Å². The molecule has 1 aromatic heterocycles. The fourth-order valence-electron chi connectivity index (χ4n) is 2.89. The summed E-state index contributed by atoms with van der Waals surface area (Å²) in [6, 6.07) is 11.1. The molecule has 0 bridgehead atoms. The molecule has 138 valence electrons.